The molecule has 0 aliphatic carbocycles. The van der Waals surface area contributed by atoms with Crippen LogP contribution >= 0.6 is 11.8 Å². The molecule has 1 rings (SSSR count). The maximum absolute atomic E-state index is 12.4. The number of anilines is 1. The number of carbonyl (C=O) groups is 2. The zero-order valence-electron chi connectivity index (χ0n) is 20.5. The number of hydrogen-bond donors (Lipinski definition) is 2. The molecule has 0 radical (unpaired) electrons. The van der Waals surface area contributed by atoms with Crippen molar-refractivity contribution >= 4 is 29.3 Å². The van der Waals surface area contributed by atoms with Crippen molar-refractivity contribution in [3.8, 4) is 5.75 Å². The molecule has 0 heterocycles. The average Bonchev–Trinajstić information content (AvgIpc) is 2.66. The van der Waals surface area contributed by atoms with Gasteiger partial charge < -0.3 is 19.9 Å². The van der Waals surface area contributed by atoms with Gasteiger partial charge in [0, 0.05) is 33.6 Å². The van der Waals surface area contributed by atoms with Crippen LogP contribution in [0.5, 0.6) is 5.75 Å². The molecule has 0 bridgehead atoms. The van der Waals surface area contributed by atoms with Crippen LogP contribution in [0.15, 0.2) is 41.9 Å². The molecule has 7 heteroatoms. The Morgan fingerprint density at radius 3 is 2.28 bits per heavy atom. The zero-order valence-corrected chi connectivity index (χ0v) is 21.3. The van der Waals surface area contributed by atoms with E-state index in [2.05, 4.69) is 26.1 Å². The minimum atomic E-state index is -0.874. The standard InChI is InChI=1S/C25H37NO5S/c1-9-19(30-8)21(11-10-12-22(27)28)31-20-14-13-18(26-23(29)24(2,3)4)15-17(20)16-32-25(5,6)7/h9,11,13-15H,10,12,16H2,1-8H3,(H,26,29)(H,27,28). The summed E-state index contributed by atoms with van der Waals surface area (Å²) in [6, 6.07) is 5.56. The summed E-state index contributed by atoms with van der Waals surface area (Å²) in [6.45, 7) is 13.9. The monoisotopic (exact) mass is 463 g/mol. The lowest BCUT2D eigenvalue weighted by molar-refractivity contribution is -0.136. The minimum Gasteiger partial charge on any atom is -0.493 e. The van der Waals surface area contributed by atoms with Gasteiger partial charge in [-0.1, -0.05) is 41.5 Å². The van der Waals surface area contributed by atoms with Gasteiger partial charge in [-0.3, -0.25) is 9.59 Å². The number of methoxy groups -OCH3 is 1. The summed E-state index contributed by atoms with van der Waals surface area (Å²) >= 11 is 1.77. The largest absolute Gasteiger partial charge is 0.493 e. The topological polar surface area (TPSA) is 84.9 Å². The third kappa shape index (κ3) is 9.81. The molecule has 0 saturated carbocycles. The lowest BCUT2D eigenvalue weighted by atomic mass is 9.95. The summed E-state index contributed by atoms with van der Waals surface area (Å²) < 4.78 is 11.7. The molecular weight excluding hydrogens is 426 g/mol. The van der Waals surface area contributed by atoms with Gasteiger partial charge in [-0.15, -0.1) is 0 Å². The first-order valence-electron chi connectivity index (χ1n) is 10.7. The van der Waals surface area contributed by atoms with E-state index < -0.39 is 11.4 Å². The maximum Gasteiger partial charge on any atom is 0.303 e. The third-order valence-corrected chi connectivity index (χ3v) is 5.61. The summed E-state index contributed by atoms with van der Waals surface area (Å²) in [6.07, 6.45) is 3.81. The molecule has 1 aromatic carbocycles. The van der Waals surface area contributed by atoms with Crippen molar-refractivity contribution in [3.05, 3.63) is 47.4 Å². The number of ether oxygens (including phenoxy) is 2. The highest BCUT2D eigenvalue weighted by atomic mass is 32.2. The van der Waals surface area contributed by atoms with Crippen molar-refractivity contribution in [2.24, 2.45) is 5.41 Å². The van der Waals surface area contributed by atoms with E-state index in [1.165, 1.54) is 0 Å². The normalized spacial score (nSPS) is 13.0. The van der Waals surface area contributed by atoms with E-state index in [-0.39, 0.29) is 17.1 Å². The Hall–Kier alpha value is -2.41. The van der Waals surface area contributed by atoms with E-state index in [4.69, 9.17) is 14.6 Å². The second-order valence-electron chi connectivity index (χ2n) is 9.39. The molecule has 0 aromatic heterocycles. The van der Waals surface area contributed by atoms with Crippen molar-refractivity contribution in [1.29, 1.82) is 0 Å². The van der Waals surface area contributed by atoms with Gasteiger partial charge in [0.25, 0.3) is 0 Å². The van der Waals surface area contributed by atoms with Gasteiger partial charge in [0.15, 0.2) is 11.5 Å². The van der Waals surface area contributed by atoms with E-state index in [1.54, 1.807) is 37.1 Å². The van der Waals surface area contributed by atoms with Crippen molar-refractivity contribution in [1.82, 2.24) is 0 Å². The van der Waals surface area contributed by atoms with E-state index in [0.717, 1.165) is 5.56 Å². The highest BCUT2D eigenvalue weighted by Gasteiger charge is 2.22. The van der Waals surface area contributed by atoms with Crippen molar-refractivity contribution in [2.75, 3.05) is 12.4 Å². The Kier molecular flexibility index (Phi) is 10.4. The molecule has 0 fully saturated rings. The summed E-state index contributed by atoms with van der Waals surface area (Å²) in [7, 11) is 1.55. The molecule has 0 aliphatic rings. The number of amides is 1. The Morgan fingerprint density at radius 1 is 1.12 bits per heavy atom. The number of nitrogens with one attached hydrogen (secondary N) is 1. The van der Waals surface area contributed by atoms with E-state index >= 15 is 0 Å². The van der Waals surface area contributed by atoms with Crippen LogP contribution in [-0.4, -0.2) is 28.8 Å². The fourth-order valence-corrected chi connectivity index (χ4v) is 3.29. The molecule has 178 valence electrons. The van der Waals surface area contributed by atoms with E-state index in [1.807, 2.05) is 39.8 Å². The molecule has 32 heavy (non-hydrogen) atoms. The van der Waals surface area contributed by atoms with Gasteiger partial charge in [-0.25, -0.2) is 0 Å². The van der Waals surface area contributed by atoms with Crippen LogP contribution in [0, 0.1) is 5.41 Å². The summed E-state index contributed by atoms with van der Waals surface area (Å²) in [5.41, 5.74) is 1.12. The molecule has 0 unspecified atom stereocenters. The van der Waals surface area contributed by atoms with Crippen LogP contribution in [0.4, 0.5) is 5.69 Å². The minimum absolute atomic E-state index is 0.00191. The molecule has 0 aliphatic heterocycles. The number of hydrogen-bond acceptors (Lipinski definition) is 5. The number of aliphatic carboxylic acids is 1. The number of carbonyl (C=O) groups excluding carboxylic acids is 1. The first-order chi connectivity index (χ1) is 14.8. The van der Waals surface area contributed by atoms with Crippen LogP contribution in [-0.2, 0) is 20.1 Å². The Bertz CT molecular complexity index is 860. The van der Waals surface area contributed by atoms with Crippen molar-refractivity contribution in [2.45, 2.75) is 71.8 Å². The highest BCUT2D eigenvalue weighted by Crippen LogP contribution is 2.34. The summed E-state index contributed by atoms with van der Waals surface area (Å²) in [4.78, 5) is 23.4. The number of thioether (sulfide) groups is 1. The van der Waals surface area contributed by atoms with Crippen molar-refractivity contribution in [3.63, 3.8) is 0 Å². The number of allylic oxidation sites excluding steroid dienone is 2. The van der Waals surface area contributed by atoms with E-state index in [0.29, 0.717) is 35.1 Å². The lowest BCUT2D eigenvalue weighted by Gasteiger charge is -2.22. The fourth-order valence-electron chi connectivity index (χ4n) is 2.48. The fraction of sp³-hybridized carbons (Fsp3) is 0.520. The molecule has 1 aromatic rings. The number of carboxylic acids is 1. The molecule has 0 atom stereocenters. The maximum atomic E-state index is 12.4. The highest BCUT2D eigenvalue weighted by molar-refractivity contribution is 7.99. The zero-order chi connectivity index (χ0) is 24.5. The molecule has 2 N–H and O–H groups in total. The number of rotatable bonds is 10. The van der Waals surface area contributed by atoms with Gasteiger partial charge in [-0.05, 0) is 43.7 Å². The van der Waals surface area contributed by atoms with Crippen molar-refractivity contribution < 1.29 is 24.2 Å². The lowest BCUT2D eigenvalue weighted by Crippen LogP contribution is -2.27. The number of carboxylic acid groups (broad SMARTS) is 1. The molecular formula is C25H37NO5S. The first-order valence-corrected chi connectivity index (χ1v) is 11.6. The third-order valence-electron chi connectivity index (χ3n) is 4.29. The van der Waals surface area contributed by atoms with Crippen LogP contribution in [0.3, 0.4) is 0 Å². The van der Waals surface area contributed by atoms with Gasteiger partial charge in [-0.2, -0.15) is 11.8 Å². The number of benzene rings is 1. The van der Waals surface area contributed by atoms with Crippen LogP contribution in [0.1, 0.15) is 66.9 Å². The Balaban J connectivity index is 3.30. The summed E-state index contributed by atoms with van der Waals surface area (Å²) in [5.74, 6) is 1.36. The van der Waals surface area contributed by atoms with Gasteiger partial charge in [0.2, 0.25) is 5.91 Å². The van der Waals surface area contributed by atoms with E-state index in [9.17, 15) is 9.59 Å². The molecule has 0 saturated heterocycles. The van der Waals surface area contributed by atoms with Crippen LogP contribution in [0.25, 0.3) is 0 Å². The second-order valence-corrected chi connectivity index (χ2v) is 11.2. The molecule has 6 nitrogen and oxygen atoms in total. The quantitative estimate of drug-likeness (QED) is 0.309. The SMILES string of the molecule is CC=C(OC)C(=CCCC(=O)O)Oc1ccc(NC(=O)C(C)(C)C)cc1CSC(C)(C)C. The molecule has 1 amide bonds. The first kappa shape index (κ1) is 27.6. The van der Waals surface area contributed by atoms with Crippen LogP contribution < -0.4 is 10.1 Å². The van der Waals surface area contributed by atoms with Gasteiger partial charge in [0.05, 0.1) is 7.11 Å². The predicted molar refractivity (Wildman–Crippen MR) is 132 cm³/mol. The summed E-state index contributed by atoms with van der Waals surface area (Å²) in [5, 5.41) is 11.9. The Labute approximate surface area is 196 Å². The predicted octanol–water partition coefficient (Wildman–Crippen LogP) is 6.38. The van der Waals surface area contributed by atoms with Crippen LogP contribution in [0.2, 0.25) is 0 Å². The van der Waals surface area contributed by atoms with Gasteiger partial charge >= 0.3 is 5.97 Å². The average molecular weight is 464 g/mol. The smallest absolute Gasteiger partial charge is 0.303 e. The Morgan fingerprint density at radius 2 is 1.78 bits per heavy atom. The molecule has 0 spiro atoms. The second kappa shape index (κ2) is 12.0. The van der Waals surface area contributed by atoms with Gasteiger partial charge in [0.1, 0.15) is 5.75 Å².